The lowest BCUT2D eigenvalue weighted by atomic mass is 9.81. The van der Waals surface area contributed by atoms with E-state index in [-0.39, 0.29) is 41.2 Å². The van der Waals surface area contributed by atoms with E-state index in [2.05, 4.69) is 0 Å². The summed E-state index contributed by atoms with van der Waals surface area (Å²) in [6.07, 6.45) is -15.9. The summed E-state index contributed by atoms with van der Waals surface area (Å²) in [5.74, 6) is -8.02. The van der Waals surface area contributed by atoms with Crippen LogP contribution in [-0.2, 0) is 66.5 Å². The summed E-state index contributed by atoms with van der Waals surface area (Å²) in [7, 11) is 2.23. The molecule has 0 bridgehead atoms. The Morgan fingerprint density at radius 2 is 1.12 bits per heavy atom. The van der Waals surface area contributed by atoms with Crippen LogP contribution in [0.2, 0.25) is 0 Å². The van der Waals surface area contributed by atoms with Crippen molar-refractivity contribution in [3.05, 3.63) is 47.0 Å². The van der Waals surface area contributed by atoms with Crippen LogP contribution in [0.5, 0.6) is 0 Å². The molecule has 0 aromatic rings. The van der Waals surface area contributed by atoms with Gasteiger partial charge in [0.05, 0.1) is 83.3 Å². The highest BCUT2D eigenvalue weighted by atomic mass is 16.8. The predicted molar refractivity (Wildman–Crippen MR) is 223 cm³/mol. The van der Waals surface area contributed by atoms with Crippen LogP contribution in [0.25, 0.3) is 0 Å². The first-order chi connectivity index (χ1) is 32.4. The lowest BCUT2D eigenvalue weighted by Gasteiger charge is -2.42. The molecule has 68 heavy (non-hydrogen) atoms. The molecule has 0 unspecified atom stereocenters. The van der Waals surface area contributed by atoms with E-state index in [4.69, 9.17) is 47.4 Å². The maximum absolute atomic E-state index is 13.6. The number of carbonyl (C=O) groups excluding carboxylic acids is 4. The first kappa shape index (κ1) is 54.8. The molecule has 0 aromatic heterocycles. The summed E-state index contributed by atoms with van der Waals surface area (Å²) in [5.41, 5.74) is 0.167. The van der Waals surface area contributed by atoms with Crippen molar-refractivity contribution in [2.45, 2.75) is 120 Å². The summed E-state index contributed by atoms with van der Waals surface area (Å²) in [6.45, 7) is 2.22. The van der Waals surface area contributed by atoms with Gasteiger partial charge in [-0.3, -0.25) is 9.59 Å². The summed E-state index contributed by atoms with van der Waals surface area (Å²) in [4.78, 5) is 52.9. The molecule has 0 amide bonds. The highest BCUT2D eigenvalue weighted by molar-refractivity contribution is 5.91. The van der Waals surface area contributed by atoms with Crippen LogP contribution in [0, 0.1) is 35.5 Å². The number of aliphatic hydroxyl groups excluding tert-OH is 10. The number of hydrogen-bond acceptors (Lipinski definition) is 24. The second-order valence-electron chi connectivity index (χ2n) is 17.2. The Morgan fingerprint density at radius 1 is 0.676 bits per heavy atom. The summed E-state index contributed by atoms with van der Waals surface area (Å²) in [5, 5.41) is 103. The fourth-order valence-electron chi connectivity index (χ4n) is 9.29. The Kier molecular flexibility index (Phi) is 19.9. The molecule has 4 heterocycles. The van der Waals surface area contributed by atoms with E-state index in [1.165, 1.54) is 12.2 Å². The third kappa shape index (κ3) is 12.1. The van der Waals surface area contributed by atoms with Gasteiger partial charge in [0.15, 0.2) is 12.6 Å². The number of allylic oxidation sites excluding steroid dienone is 2. The smallest absolute Gasteiger partial charge is 0.337 e. The van der Waals surface area contributed by atoms with Crippen molar-refractivity contribution < 1.29 is 118 Å². The van der Waals surface area contributed by atoms with Gasteiger partial charge < -0.3 is 98.4 Å². The van der Waals surface area contributed by atoms with Crippen LogP contribution in [0.15, 0.2) is 47.0 Å². The van der Waals surface area contributed by atoms with Crippen molar-refractivity contribution in [2.24, 2.45) is 35.5 Å². The molecule has 5 aliphatic rings. The van der Waals surface area contributed by atoms with E-state index in [1.54, 1.807) is 13.8 Å². The van der Waals surface area contributed by atoms with Crippen LogP contribution < -0.4 is 0 Å². The van der Waals surface area contributed by atoms with Gasteiger partial charge >= 0.3 is 23.9 Å². The summed E-state index contributed by atoms with van der Waals surface area (Å²) >= 11 is 0. The van der Waals surface area contributed by atoms with Crippen molar-refractivity contribution in [3.63, 3.8) is 0 Å². The maximum Gasteiger partial charge on any atom is 0.337 e. The zero-order chi connectivity index (χ0) is 50.1. The van der Waals surface area contributed by atoms with Crippen LogP contribution in [0.1, 0.15) is 40.0 Å². The Balaban J connectivity index is 1.24. The van der Waals surface area contributed by atoms with E-state index in [0.29, 0.717) is 0 Å². The van der Waals surface area contributed by atoms with Gasteiger partial charge in [0.1, 0.15) is 48.8 Å². The summed E-state index contributed by atoms with van der Waals surface area (Å²) < 4.78 is 54.9. The molecule has 4 aliphatic heterocycles. The van der Waals surface area contributed by atoms with Gasteiger partial charge in [-0.2, -0.15) is 0 Å². The fraction of sp³-hybridized carbons (Fsp3) is 0.727. The number of aliphatic hydroxyl groups is 10. The van der Waals surface area contributed by atoms with Crippen molar-refractivity contribution >= 4 is 23.9 Å². The monoisotopic (exact) mass is 976 g/mol. The van der Waals surface area contributed by atoms with E-state index in [0.717, 1.165) is 26.7 Å². The average molecular weight is 977 g/mol. The molecular formula is C44H64O24. The van der Waals surface area contributed by atoms with Gasteiger partial charge in [-0.15, -0.1) is 0 Å². The van der Waals surface area contributed by atoms with Crippen molar-refractivity contribution in [2.75, 3.05) is 47.3 Å². The molecule has 0 radical (unpaired) electrons. The molecule has 5 rings (SSSR count). The Bertz CT molecular complexity index is 1860. The molecule has 24 heteroatoms. The van der Waals surface area contributed by atoms with E-state index >= 15 is 0 Å². The van der Waals surface area contributed by atoms with Crippen LogP contribution in [0.4, 0.5) is 0 Å². The SMILES string of the molecule is C/C=C1/[C@H](O[C@@H]2O[C@H](CO)[C@@H](O)[C@H](O)[C@H]2O)OC=C(C(=O)OC)[C@H]1CC(=O)OC[C@@H](CO)[C@H]1[C@H](COC(=O)C[C@@H]2C(C(=O)OC)=CO[C@@H](O[C@@H]3O[C@H](CO)[C@@H](O)[C@H](O)[C@H]3O)/C2=C/C)[C@@H](C)C[C@@H]1O. The molecule has 1 saturated carbocycles. The highest BCUT2D eigenvalue weighted by Gasteiger charge is 2.50. The third-order valence-electron chi connectivity index (χ3n) is 13.2. The maximum atomic E-state index is 13.6. The summed E-state index contributed by atoms with van der Waals surface area (Å²) in [6, 6.07) is 0. The van der Waals surface area contributed by atoms with E-state index < -0.39 is 173 Å². The quantitative estimate of drug-likeness (QED) is 0.0365. The molecule has 3 fully saturated rings. The second kappa shape index (κ2) is 24.6. The Morgan fingerprint density at radius 3 is 1.51 bits per heavy atom. The van der Waals surface area contributed by atoms with Gasteiger partial charge in [0.25, 0.3) is 0 Å². The molecule has 1 aliphatic carbocycles. The minimum absolute atomic E-state index is 0.0933. The van der Waals surface area contributed by atoms with E-state index in [9.17, 15) is 70.2 Å². The van der Waals surface area contributed by atoms with Gasteiger partial charge in [0.2, 0.25) is 12.6 Å². The zero-order valence-electron chi connectivity index (χ0n) is 38.1. The van der Waals surface area contributed by atoms with Crippen molar-refractivity contribution in [1.29, 1.82) is 0 Å². The lowest BCUT2D eigenvalue weighted by Crippen LogP contribution is -2.60. The lowest BCUT2D eigenvalue weighted by molar-refractivity contribution is -0.327. The Hall–Kier alpha value is -4.12. The number of hydrogen-bond donors (Lipinski definition) is 10. The molecular weight excluding hydrogens is 912 g/mol. The van der Waals surface area contributed by atoms with Gasteiger partial charge in [-0.25, -0.2) is 9.59 Å². The molecule has 0 aromatic carbocycles. The molecule has 19 atom stereocenters. The molecule has 10 N–H and O–H groups in total. The minimum atomic E-state index is -1.79. The van der Waals surface area contributed by atoms with Gasteiger partial charge in [0, 0.05) is 41.4 Å². The number of rotatable bonds is 18. The predicted octanol–water partition coefficient (Wildman–Crippen LogP) is -3.32. The molecule has 384 valence electrons. The normalized spacial score (nSPS) is 38.9. The van der Waals surface area contributed by atoms with Crippen LogP contribution >= 0.6 is 0 Å². The fourth-order valence-corrected chi connectivity index (χ4v) is 9.29. The van der Waals surface area contributed by atoms with Crippen molar-refractivity contribution in [1.82, 2.24) is 0 Å². The molecule has 0 spiro atoms. The largest absolute Gasteiger partial charge is 0.468 e. The number of ether oxygens (including phenoxy) is 10. The first-order valence-corrected chi connectivity index (χ1v) is 22.1. The van der Waals surface area contributed by atoms with Gasteiger partial charge in [-0.05, 0) is 32.1 Å². The third-order valence-corrected chi connectivity index (χ3v) is 13.2. The average Bonchev–Trinajstić information content (AvgIpc) is 3.61. The molecule has 24 nitrogen and oxygen atoms in total. The Labute approximate surface area is 390 Å². The van der Waals surface area contributed by atoms with Crippen LogP contribution in [0.3, 0.4) is 0 Å². The van der Waals surface area contributed by atoms with Gasteiger partial charge in [-0.1, -0.05) is 19.1 Å². The minimum Gasteiger partial charge on any atom is -0.468 e. The van der Waals surface area contributed by atoms with E-state index in [1.807, 2.05) is 6.92 Å². The highest BCUT2D eigenvalue weighted by Crippen LogP contribution is 2.43. The van der Waals surface area contributed by atoms with Crippen LogP contribution in [-0.4, -0.2) is 202 Å². The molecule has 2 saturated heterocycles. The standard InChI is InChI=1S/C44H64O24/c1-6-20-22(25(39(57)59-4)16-63-41(20)67-43-37(55)35(53)33(51)28(12-46)65-43)9-30(49)61-14-19(11-45)32-24(18(3)8-27(32)48)15-62-31(50)10-23-21(7-2)42(64-17-26(23)40(58)60-5)68-44-38(56)36(54)34(52)29(13-47)66-44/h6-7,16-19,22-24,27-29,32-38,41-48,51-56H,8-15H2,1-5H3/b20-6+,21-7+/t18-,19+,22-,23-,24+,27-,28+,29+,32-,33+,34+,35-,36-,37+,38+,41-,42-,43-,44-/m0/s1. The zero-order valence-corrected chi connectivity index (χ0v) is 38.1. The number of carbonyl (C=O) groups is 4. The second-order valence-corrected chi connectivity index (χ2v) is 17.2. The topological polar surface area (TPSA) is 363 Å². The number of methoxy groups -OCH3 is 2. The van der Waals surface area contributed by atoms with Crippen molar-refractivity contribution in [3.8, 4) is 0 Å². The first-order valence-electron chi connectivity index (χ1n) is 22.1. The number of esters is 4.